The molecule has 0 spiro atoms. The van der Waals surface area contributed by atoms with Crippen molar-refractivity contribution < 1.29 is 9.18 Å². The first-order valence-corrected chi connectivity index (χ1v) is 7.79. The molecule has 0 saturated carbocycles. The molecular formula is C15H14FN5OS. The number of hydrogen-bond acceptors (Lipinski definition) is 5. The summed E-state index contributed by atoms with van der Waals surface area (Å²) in [5.41, 5.74) is 4.76. The van der Waals surface area contributed by atoms with Gasteiger partial charge in [0.15, 0.2) is 0 Å². The summed E-state index contributed by atoms with van der Waals surface area (Å²) in [5.74, 6) is -0.474. The number of halogens is 1. The van der Waals surface area contributed by atoms with Gasteiger partial charge in [-0.1, -0.05) is 11.3 Å². The van der Waals surface area contributed by atoms with Gasteiger partial charge >= 0.3 is 0 Å². The van der Waals surface area contributed by atoms with E-state index in [0.717, 1.165) is 22.6 Å². The van der Waals surface area contributed by atoms with Gasteiger partial charge in [0, 0.05) is 11.3 Å². The van der Waals surface area contributed by atoms with Crippen molar-refractivity contribution in [3.05, 3.63) is 52.5 Å². The highest BCUT2D eigenvalue weighted by Gasteiger charge is 2.16. The Labute approximate surface area is 136 Å². The minimum Gasteiger partial charge on any atom is -0.300 e. The molecule has 118 valence electrons. The number of nitrogens with one attached hydrogen (secondary N) is 1. The number of rotatable bonds is 4. The highest BCUT2D eigenvalue weighted by atomic mass is 32.1. The van der Waals surface area contributed by atoms with Crippen LogP contribution < -0.4 is 5.32 Å². The number of aryl methyl sites for hydroxylation is 1. The molecule has 0 aliphatic rings. The molecule has 3 aromatic rings. The number of nitrogens with zero attached hydrogens (tertiary/aromatic N) is 4. The lowest BCUT2D eigenvalue weighted by atomic mass is 10.1. The van der Waals surface area contributed by atoms with Crippen molar-refractivity contribution in [3.8, 4) is 5.69 Å². The number of carbonyl (C=O) groups is 1. The second kappa shape index (κ2) is 6.25. The first-order valence-electron chi connectivity index (χ1n) is 6.91. The number of benzene rings is 1. The molecule has 0 aliphatic carbocycles. The fourth-order valence-electron chi connectivity index (χ4n) is 2.32. The van der Waals surface area contributed by atoms with Gasteiger partial charge in [-0.3, -0.25) is 4.79 Å². The highest BCUT2D eigenvalue weighted by Crippen LogP contribution is 2.19. The Morgan fingerprint density at radius 3 is 2.70 bits per heavy atom. The van der Waals surface area contributed by atoms with Crippen LogP contribution in [0.1, 0.15) is 17.0 Å². The zero-order valence-corrected chi connectivity index (χ0v) is 13.4. The Morgan fingerprint density at radius 2 is 2.04 bits per heavy atom. The lowest BCUT2D eigenvalue weighted by Gasteiger charge is -2.05. The Bertz CT molecular complexity index is 826. The number of hydrogen-bond donors (Lipinski definition) is 1. The van der Waals surface area contributed by atoms with Gasteiger partial charge in [0.2, 0.25) is 11.0 Å². The van der Waals surface area contributed by atoms with Gasteiger partial charge in [0.25, 0.3) is 0 Å². The molecule has 0 radical (unpaired) electrons. The predicted octanol–water partition coefficient (Wildman–Crippen LogP) is 2.66. The monoisotopic (exact) mass is 331 g/mol. The maximum Gasteiger partial charge on any atom is 0.230 e. The van der Waals surface area contributed by atoms with E-state index in [2.05, 4.69) is 20.6 Å². The zero-order valence-electron chi connectivity index (χ0n) is 12.6. The summed E-state index contributed by atoms with van der Waals surface area (Å²) >= 11 is 1.26. The van der Waals surface area contributed by atoms with Crippen molar-refractivity contribution in [1.82, 2.24) is 20.0 Å². The molecule has 23 heavy (non-hydrogen) atoms. The summed E-state index contributed by atoms with van der Waals surface area (Å²) in [5, 5.41) is 15.1. The van der Waals surface area contributed by atoms with E-state index in [4.69, 9.17) is 0 Å². The van der Waals surface area contributed by atoms with Crippen molar-refractivity contribution in [2.24, 2.45) is 0 Å². The van der Waals surface area contributed by atoms with Gasteiger partial charge in [0.05, 0.1) is 17.8 Å². The Hall–Kier alpha value is -2.61. The fraction of sp³-hybridized carbons (Fsp3) is 0.200. The second-order valence-electron chi connectivity index (χ2n) is 5.01. The molecule has 2 heterocycles. The summed E-state index contributed by atoms with van der Waals surface area (Å²) in [4.78, 5) is 12.1. The van der Waals surface area contributed by atoms with Crippen LogP contribution in [0.2, 0.25) is 0 Å². The van der Waals surface area contributed by atoms with Crippen LogP contribution in [0.15, 0.2) is 29.8 Å². The standard InChI is InChI=1S/C15H14FN5OS/c1-9-13(7-14(22)18-15-19-17-8-23-15)10(2)21(20-9)12-5-3-11(16)4-6-12/h3-6,8H,7H2,1-2H3,(H,18,19,22). The van der Waals surface area contributed by atoms with E-state index < -0.39 is 0 Å². The molecule has 3 rings (SSSR count). The van der Waals surface area contributed by atoms with E-state index >= 15 is 0 Å². The normalized spacial score (nSPS) is 10.7. The van der Waals surface area contributed by atoms with Crippen LogP contribution in [-0.4, -0.2) is 25.9 Å². The Balaban J connectivity index is 1.83. The quantitative estimate of drug-likeness (QED) is 0.798. The lowest BCUT2D eigenvalue weighted by Crippen LogP contribution is -2.15. The first kappa shape index (κ1) is 15.3. The molecule has 0 atom stereocenters. The molecular weight excluding hydrogens is 317 g/mol. The van der Waals surface area contributed by atoms with Crippen LogP contribution >= 0.6 is 11.3 Å². The molecule has 2 aromatic heterocycles. The van der Waals surface area contributed by atoms with Crippen LogP contribution in [0.25, 0.3) is 5.69 Å². The van der Waals surface area contributed by atoms with Gasteiger partial charge in [-0.15, -0.1) is 10.2 Å². The SMILES string of the molecule is Cc1nn(-c2ccc(F)cc2)c(C)c1CC(=O)Nc1nncs1. The van der Waals surface area contributed by atoms with Crippen LogP contribution in [-0.2, 0) is 11.2 Å². The molecule has 8 heteroatoms. The van der Waals surface area contributed by atoms with Crippen molar-refractivity contribution in [2.75, 3.05) is 5.32 Å². The maximum atomic E-state index is 13.0. The molecule has 6 nitrogen and oxygen atoms in total. The first-order chi connectivity index (χ1) is 11.0. The predicted molar refractivity (Wildman–Crippen MR) is 85.2 cm³/mol. The van der Waals surface area contributed by atoms with E-state index in [9.17, 15) is 9.18 Å². The number of carbonyl (C=O) groups excluding carboxylic acids is 1. The van der Waals surface area contributed by atoms with E-state index in [1.807, 2.05) is 13.8 Å². The topological polar surface area (TPSA) is 72.7 Å². The number of amides is 1. The smallest absolute Gasteiger partial charge is 0.230 e. The Kier molecular flexibility index (Phi) is 4.16. The van der Waals surface area contributed by atoms with Gasteiger partial charge in [0.1, 0.15) is 11.3 Å². The van der Waals surface area contributed by atoms with Crippen LogP contribution in [0, 0.1) is 19.7 Å². The van der Waals surface area contributed by atoms with Crippen LogP contribution in [0.3, 0.4) is 0 Å². The third-order valence-electron chi connectivity index (χ3n) is 3.46. The average Bonchev–Trinajstić information content (AvgIpc) is 3.12. The minimum absolute atomic E-state index is 0.174. The highest BCUT2D eigenvalue weighted by molar-refractivity contribution is 7.13. The van der Waals surface area contributed by atoms with Gasteiger partial charge < -0.3 is 5.32 Å². The van der Waals surface area contributed by atoms with Crippen molar-refractivity contribution in [3.63, 3.8) is 0 Å². The van der Waals surface area contributed by atoms with E-state index in [0.29, 0.717) is 5.13 Å². The van der Waals surface area contributed by atoms with Gasteiger partial charge in [-0.05, 0) is 38.1 Å². The fourth-order valence-corrected chi connectivity index (χ4v) is 2.78. The molecule has 1 amide bonds. The molecule has 0 saturated heterocycles. The summed E-state index contributed by atoms with van der Waals surface area (Å²) in [7, 11) is 0. The second-order valence-corrected chi connectivity index (χ2v) is 5.84. The van der Waals surface area contributed by atoms with Crippen LogP contribution in [0.4, 0.5) is 9.52 Å². The van der Waals surface area contributed by atoms with E-state index in [1.165, 1.54) is 23.5 Å². The average molecular weight is 331 g/mol. The van der Waals surface area contributed by atoms with E-state index in [1.54, 1.807) is 22.3 Å². The summed E-state index contributed by atoms with van der Waals surface area (Å²) in [6.45, 7) is 3.73. The summed E-state index contributed by atoms with van der Waals surface area (Å²) in [6.07, 6.45) is 0.193. The van der Waals surface area contributed by atoms with Gasteiger partial charge in [-0.25, -0.2) is 9.07 Å². The minimum atomic E-state index is -0.299. The largest absolute Gasteiger partial charge is 0.300 e. The molecule has 1 N–H and O–H groups in total. The van der Waals surface area contributed by atoms with Crippen LogP contribution in [0.5, 0.6) is 0 Å². The lowest BCUT2D eigenvalue weighted by molar-refractivity contribution is -0.115. The third-order valence-corrected chi connectivity index (χ3v) is 4.06. The maximum absolute atomic E-state index is 13.0. The van der Waals surface area contributed by atoms with Gasteiger partial charge in [-0.2, -0.15) is 5.10 Å². The molecule has 1 aromatic carbocycles. The zero-order chi connectivity index (χ0) is 16.4. The molecule has 0 aliphatic heterocycles. The summed E-state index contributed by atoms with van der Waals surface area (Å²) < 4.78 is 14.8. The Morgan fingerprint density at radius 1 is 1.30 bits per heavy atom. The van der Waals surface area contributed by atoms with Crippen molar-refractivity contribution in [1.29, 1.82) is 0 Å². The molecule has 0 unspecified atom stereocenters. The van der Waals surface area contributed by atoms with Crippen molar-refractivity contribution >= 4 is 22.4 Å². The van der Waals surface area contributed by atoms with E-state index in [-0.39, 0.29) is 18.1 Å². The number of anilines is 1. The molecule has 0 bridgehead atoms. The molecule has 0 fully saturated rings. The van der Waals surface area contributed by atoms with Crippen molar-refractivity contribution in [2.45, 2.75) is 20.3 Å². The number of aromatic nitrogens is 4. The summed E-state index contributed by atoms with van der Waals surface area (Å²) in [6, 6.07) is 6.07. The third kappa shape index (κ3) is 3.26.